The number of carbonyl (C=O) groups excluding carboxylic acids is 1. The molecule has 28 heavy (non-hydrogen) atoms. The van der Waals surface area contributed by atoms with Gasteiger partial charge in [-0.3, -0.25) is 4.79 Å². The number of nitrogens with zero attached hydrogens (tertiary/aromatic N) is 4. The van der Waals surface area contributed by atoms with Crippen molar-refractivity contribution in [2.75, 3.05) is 12.4 Å². The molecule has 2 aromatic carbocycles. The molecule has 0 saturated carbocycles. The molecule has 0 unspecified atom stereocenters. The molecule has 1 N–H and O–H groups in total. The summed E-state index contributed by atoms with van der Waals surface area (Å²) < 4.78 is 6.89. The number of thiazole rings is 1. The van der Waals surface area contributed by atoms with Crippen LogP contribution in [0.5, 0.6) is 5.75 Å². The first kappa shape index (κ1) is 17.9. The molecule has 0 spiro atoms. The fourth-order valence-corrected chi connectivity index (χ4v) is 3.49. The number of carbonyl (C=O) groups is 1. The summed E-state index contributed by atoms with van der Waals surface area (Å²) in [5.41, 5.74) is 3.05. The lowest BCUT2D eigenvalue weighted by Crippen LogP contribution is -2.12. The van der Waals surface area contributed by atoms with Crippen LogP contribution in [0.3, 0.4) is 0 Å². The van der Waals surface area contributed by atoms with Gasteiger partial charge in [-0.1, -0.05) is 12.1 Å². The molecule has 1 amide bonds. The van der Waals surface area contributed by atoms with Crippen LogP contribution in [0.25, 0.3) is 10.6 Å². The predicted octanol–water partition coefficient (Wildman–Crippen LogP) is 3.71. The van der Waals surface area contributed by atoms with Crippen molar-refractivity contribution in [1.29, 1.82) is 0 Å². The molecular weight excluding hydrogens is 374 g/mol. The van der Waals surface area contributed by atoms with Crippen molar-refractivity contribution >= 4 is 22.9 Å². The van der Waals surface area contributed by atoms with Gasteiger partial charge in [0.1, 0.15) is 29.1 Å². The van der Waals surface area contributed by atoms with Crippen LogP contribution in [0, 0.1) is 0 Å². The van der Waals surface area contributed by atoms with E-state index in [1.54, 1.807) is 23.5 Å². The molecule has 0 bridgehead atoms. The predicted molar refractivity (Wildman–Crippen MR) is 108 cm³/mol. The van der Waals surface area contributed by atoms with E-state index in [1.807, 2.05) is 48.5 Å². The quantitative estimate of drug-likeness (QED) is 0.542. The van der Waals surface area contributed by atoms with Crippen LogP contribution >= 0.6 is 11.3 Å². The van der Waals surface area contributed by atoms with Gasteiger partial charge in [0.15, 0.2) is 0 Å². The second-order valence-corrected chi connectivity index (χ2v) is 6.87. The molecule has 0 aliphatic carbocycles. The van der Waals surface area contributed by atoms with Crippen molar-refractivity contribution in [3.63, 3.8) is 0 Å². The lowest BCUT2D eigenvalue weighted by atomic mass is 10.2. The number of rotatable bonds is 6. The van der Waals surface area contributed by atoms with E-state index in [1.165, 1.54) is 17.7 Å². The maximum atomic E-state index is 12.6. The smallest absolute Gasteiger partial charge is 0.275 e. The van der Waals surface area contributed by atoms with Crippen LogP contribution < -0.4 is 10.1 Å². The molecule has 7 nitrogen and oxygen atoms in total. The Labute approximate surface area is 165 Å². The van der Waals surface area contributed by atoms with Crippen LogP contribution in [0.15, 0.2) is 66.6 Å². The molecule has 2 heterocycles. The molecule has 0 saturated heterocycles. The Hall–Kier alpha value is -3.52. The van der Waals surface area contributed by atoms with Crippen LogP contribution in [0.2, 0.25) is 0 Å². The van der Waals surface area contributed by atoms with E-state index in [-0.39, 0.29) is 5.91 Å². The maximum absolute atomic E-state index is 12.6. The van der Waals surface area contributed by atoms with Crippen LogP contribution in [0.4, 0.5) is 5.69 Å². The number of ether oxygens (including phenoxy) is 1. The highest BCUT2D eigenvalue weighted by Crippen LogP contribution is 2.26. The van der Waals surface area contributed by atoms with Gasteiger partial charge in [0.2, 0.25) is 0 Å². The minimum Gasteiger partial charge on any atom is -0.497 e. The van der Waals surface area contributed by atoms with Crippen molar-refractivity contribution in [1.82, 2.24) is 19.7 Å². The number of nitrogens with one attached hydrogen (secondary N) is 1. The zero-order chi connectivity index (χ0) is 19.3. The number of aromatic nitrogens is 4. The minimum atomic E-state index is -0.242. The molecular formula is C20H17N5O2S. The van der Waals surface area contributed by atoms with E-state index >= 15 is 0 Å². The average molecular weight is 391 g/mol. The second kappa shape index (κ2) is 8.01. The van der Waals surface area contributed by atoms with E-state index in [9.17, 15) is 4.79 Å². The first-order valence-electron chi connectivity index (χ1n) is 8.54. The van der Waals surface area contributed by atoms with Crippen LogP contribution in [-0.4, -0.2) is 32.8 Å². The van der Waals surface area contributed by atoms with Gasteiger partial charge in [-0.05, 0) is 42.0 Å². The van der Waals surface area contributed by atoms with Gasteiger partial charge in [-0.15, -0.1) is 11.3 Å². The largest absolute Gasteiger partial charge is 0.497 e. The number of benzene rings is 2. The third kappa shape index (κ3) is 4.07. The van der Waals surface area contributed by atoms with E-state index in [4.69, 9.17) is 4.74 Å². The second-order valence-electron chi connectivity index (χ2n) is 6.01. The van der Waals surface area contributed by atoms with Gasteiger partial charge < -0.3 is 10.1 Å². The molecule has 4 rings (SSSR count). The fraction of sp³-hybridized carbons (Fsp3) is 0.100. The molecule has 0 aliphatic rings. The van der Waals surface area contributed by atoms with Crippen LogP contribution in [-0.2, 0) is 6.54 Å². The van der Waals surface area contributed by atoms with E-state index in [0.717, 1.165) is 21.9 Å². The molecule has 8 heteroatoms. The third-order valence-corrected chi connectivity index (χ3v) is 4.96. The highest BCUT2D eigenvalue weighted by atomic mass is 32.1. The molecule has 0 radical (unpaired) electrons. The van der Waals surface area contributed by atoms with Gasteiger partial charge in [0, 0.05) is 16.6 Å². The monoisotopic (exact) mass is 391 g/mol. The van der Waals surface area contributed by atoms with Crippen LogP contribution in [0.1, 0.15) is 16.1 Å². The summed E-state index contributed by atoms with van der Waals surface area (Å²) in [4.78, 5) is 21.0. The Morgan fingerprint density at radius 1 is 1.21 bits per heavy atom. The Kier molecular flexibility index (Phi) is 5.11. The van der Waals surface area contributed by atoms with E-state index in [0.29, 0.717) is 17.9 Å². The maximum Gasteiger partial charge on any atom is 0.275 e. The van der Waals surface area contributed by atoms with Gasteiger partial charge >= 0.3 is 0 Å². The lowest BCUT2D eigenvalue weighted by Gasteiger charge is -2.06. The number of amides is 1. The summed E-state index contributed by atoms with van der Waals surface area (Å²) in [7, 11) is 1.63. The first-order valence-corrected chi connectivity index (χ1v) is 9.42. The van der Waals surface area contributed by atoms with Crippen molar-refractivity contribution in [2.45, 2.75) is 6.54 Å². The Balaban J connectivity index is 1.46. The highest BCUT2D eigenvalue weighted by molar-refractivity contribution is 7.13. The van der Waals surface area contributed by atoms with Crippen molar-refractivity contribution in [3.8, 4) is 16.3 Å². The van der Waals surface area contributed by atoms with Crippen molar-refractivity contribution in [3.05, 3.63) is 77.8 Å². The summed E-state index contributed by atoms with van der Waals surface area (Å²) >= 11 is 1.43. The average Bonchev–Trinajstić information content (AvgIpc) is 3.40. The molecule has 0 atom stereocenters. The van der Waals surface area contributed by atoms with Gasteiger partial charge in [-0.2, -0.15) is 5.10 Å². The molecule has 0 aliphatic heterocycles. The fourth-order valence-electron chi connectivity index (χ4n) is 2.69. The molecule has 140 valence electrons. The first-order chi connectivity index (χ1) is 13.7. The minimum absolute atomic E-state index is 0.242. The summed E-state index contributed by atoms with van der Waals surface area (Å²) in [6, 6.07) is 15.2. The third-order valence-electron chi connectivity index (χ3n) is 4.07. The Morgan fingerprint density at radius 2 is 2.07 bits per heavy atom. The number of methoxy groups -OCH3 is 1. The van der Waals surface area contributed by atoms with Gasteiger partial charge in [0.25, 0.3) is 5.91 Å². The molecule has 4 aromatic rings. The van der Waals surface area contributed by atoms with E-state index in [2.05, 4.69) is 20.4 Å². The topological polar surface area (TPSA) is 81.9 Å². The summed E-state index contributed by atoms with van der Waals surface area (Å²) in [6.07, 6.45) is 3.15. The normalized spacial score (nSPS) is 10.6. The number of hydrogen-bond acceptors (Lipinski definition) is 6. The van der Waals surface area contributed by atoms with Crippen molar-refractivity contribution in [2.24, 2.45) is 0 Å². The van der Waals surface area contributed by atoms with Gasteiger partial charge in [-0.25, -0.2) is 14.6 Å². The van der Waals surface area contributed by atoms with E-state index < -0.39 is 0 Å². The lowest BCUT2D eigenvalue weighted by molar-refractivity contribution is 0.102. The van der Waals surface area contributed by atoms with Crippen molar-refractivity contribution < 1.29 is 9.53 Å². The zero-order valence-electron chi connectivity index (χ0n) is 15.1. The number of hydrogen-bond donors (Lipinski definition) is 1. The summed E-state index contributed by atoms with van der Waals surface area (Å²) in [5, 5.41) is 9.54. The molecule has 0 fully saturated rings. The Bertz CT molecular complexity index is 1070. The zero-order valence-corrected chi connectivity index (χ0v) is 15.9. The SMILES string of the molecule is COc1ccc(-c2nc(C(=O)Nc3cccc(Cn4cncn4)c3)cs2)cc1. The number of anilines is 1. The Morgan fingerprint density at radius 3 is 2.82 bits per heavy atom. The summed E-state index contributed by atoms with van der Waals surface area (Å²) in [6.45, 7) is 0.585. The van der Waals surface area contributed by atoms with Gasteiger partial charge in [0.05, 0.1) is 13.7 Å². The summed E-state index contributed by atoms with van der Waals surface area (Å²) in [5.74, 6) is 0.540. The standard InChI is InChI=1S/C20H17N5O2S/c1-27-17-7-5-15(6-8-17)20-24-18(11-28-20)19(26)23-16-4-2-3-14(9-16)10-25-13-21-12-22-25/h2-9,11-13H,10H2,1H3,(H,23,26). The highest BCUT2D eigenvalue weighted by Gasteiger charge is 2.12. The molecule has 2 aromatic heterocycles.